The van der Waals surface area contributed by atoms with E-state index in [1.54, 1.807) is 18.5 Å². The number of hydrogen-bond acceptors (Lipinski definition) is 6. The summed E-state index contributed by atoms with van der Waals surface area (Å²) in [7, 11) is 0. The van der Waals surface area contributed by atoms with Crippen molar-refractivity contribution in [1.82, 2.24) is 15.0 Å². The molecule has 1 aromatic carbocycles. The normalized spacial score (nSPS) is 11.0. The van der Waals surface area contributed by atoms with Crippen LogP contribution in [-0.4, -0.2) is 26.3 Å². The minimum absolute atomic E-state index is 0.233. The highest BCUT2D eigenvalue weighted by atomic mass is 16.5. The first kappa shape index (κ1) is 12.0. The van der Waals surface area contributed by atoms with Crippen molar-refractivity contribution in [2.24, 2.45) is 4.99 Å². The second-order valence-electron chi connectivity index (χ2n) is 3.88. The monoisotopic (exact) mass is 266 g/mol. The van der Waals surface area contributed by atoms with Crippen molar-refractivity contribution in [2.45, 2.75) is 0 Å². The Morgan fingerprint density at radius 3 is 2.55 bits per heavy atom. The van der Waals surface area contributed by atoms with E-state index in [-0.39, 0.29) is 17.6 Å². The van der Waals surface area contributed by atoms with E-state index in [0.29, 0.717) is 5.89 Å². The van der Waals surface area contributed by atoms with Gasteiger partial charge < -0.3 is 9.52 Å². The molecular weight excluding hydrogens is 256 g/mol. The van der Waals surface area contributed by atoms with E-state index in [2.05, 4.69) is 19.9 Å². The van der Waals surface area contributed by atoms with Gasteiger partial charge in [0.25, 0.3) is 0 Å². The van der Waals surface area contributed by atoms with Crippen molar-refractivity contribution in [2.75, 3.05) is 0 Å². The predicted octanol–water partition coefficient (Wildman–Crippen LogP) is 2.59. The Balaban J connectivity index is 1.89. The standard InChI is InChI=1S/C14H10N4O2/c19-13-11(9-17-14-15-7-4-8-16-14)18-12(20-13)10-5-2-1-3-6-10/h1-9,19H. The van der Waals surface area contributed by atoms with Crippen LogP contribution in [0.2, 0.25) is 0 Å². The van der Waals surface area contributed by atoms with Gasteiger partial charge in [0, 0.05) is 18.0 Å². The lowest BCUT2D eigenvalue weighted by molar-refractivity contribution is 0.337. The van der Waals surface area contributed by atoms with Gasteiger partial charge in [-0.25, -0.2) is 19.9 Å². The van der Waals surface area contributed by atoms with Gasteiger partial charge in [-0.1, -0.05) is 18.2 Å². The van der Waals surface area contributed by atoms with Crippen LogP contribution in [0, 0.1) is 0 Å². The molecule has 0 radical (unpaired) electrons. The summed E-state index contributed by atoms with van der Waals surface area (Å²) in [6, 6.07) is 11.0. The van der Waals surface area contributed by atoms with Crippen LogP contribution in [0.5, 0.6) is 5.95 Å². The molecule has 0 saturated carbocycles. The lowest BCUT2D eigenvalue weighted by atomic mass is 10.2. The van der Waals surface area contributed by atoms with Crippen LogP contribution in [-0.2, 0) is 0 Å². The molecule has 0 amide bonds. The number of aromatic hydroxyl groups is 1. The highest BCUT2D eigenvalue weighted by Crippen LogP contribution is 2.25. The topological polar surface area (TPSA) is 84.4 Å². The Morgan fingerprint density at radius 2 is 1.80 bits per heavy atom. The first-order valence-electron chi connectivity index (χ1n) is 5.89. The fourth-order valence-electron chi connectivity index (χ4n) is 1.59. The van der Waals surface area contributed by atoms with Crippen molar-refractivity contribution in [3.8, 4) is 17.4 Å². The molecule has 2 heterocycles. The molecule has 0 spiro atoms. The average molecular weight is 266 g/mol. The molecular formula is C14H10N4O2. The molecule has 20 heavy (non-hydrogen) atoms. The molecule has 0 atom stereocenters. The van der Waals surface area contributed by atoms with E-state index in [4.69, 9.17) is 4.42 Å². The first-order valence-corrected chi connectivity index (χ1v) is 5.89. The molecule has 0 bridgehead atoms. The molecule has 0 unspecified atom stereocenters. The number of nitrogens with zero attached hydrogens (tertiary/aromatic N) is 4. The molecule has 0 fully saturated rings. The average Bonchev–Trinajstić information content (AvgIpc) is 2.88. The van der Waals surface area contributed by atoms with Gasteiger partial charge in [-0.2, -0.15) is 0 Å². The van der Waals surface area contributed by atoms with E-state index in [1.165, 1.54) is 6.21 Å². The van der Waals surface area contributed by atoms with Gasteiger partial charge in [0.05, 0.1) is 6.21 Å². The van der Waals surface area contributed by atoms with Gasteiger partial charge in [-0.3, -0.25) is 0 Å². The minimum Gasteiger partial charge on any atom is -0.479 e. The Labute approximate surface area is 114 Å². The van der Waals surface area contributed by atoms with Crippen LogP contribution >= 0.6 is 0 Å². The molecule has 3 rings (SSSR count). The van der Waals surface area contributed by atoms with Crippen molar-refractivity contribution in [3.05, 3.63) is 54.5 Å². The zero-order valence-electron chi connectivity index (χ0n) is 10.3. The maximum atomic E-state index is 9.71. The molecule has 0 aliphatic rings. The fourth-order valence-corrected chi connectivity index (χ4v) is 1.59. The summed E-state index contributed by atoms with van der Waals surface area (Å²) < 4.78 is 5.20. The van der Waals surface area contributed by atoms with Gasteiger partial charge in [0.1, 0.15) is 0 Å². The maximum absolute atomic E-state index is 9.71. The van der Waals surface area contributed by atoms with Crippen molar-refractivity contribution >= 4 is 12.2 Å². The number of aliphatic imine (C=N–C) groups is 1. The Hall–Kier alpha value is -3.02. The zero-order valence-corrected chi connectivity index (χ0v) is 10.3. The Kier molecular flexibility index (Phi) is 3.20. The molecule has 3 aromatic rings. The number of aromatic nitrogens is 3. The molecule has 2 aromatic heterocycles. The number of rotatable bonds is 3. The maximum Gasteiger partial charge on any atom is 0.312 e. The molecule has 6 heteroatoms. The van der Waals surface area contributed by atoms with Crippen LogP contribution < -0.4 is 0 Å². The minimum atomic E-state index is -0.288. The fraction of sp³-hybridized carbons (Fsp3) is 0. The largest absolute Gasteiger partial charge is 0.479 e. The van der Waals surface area contributed by atoms with Crippen LogP contribution in [0.3, 0.4) is 0 Å². The highest BCUT2D eigenvalue weighted by molar-refractivity contribution is 5.82. The lowest BCUT2D eigenvalue weighted by Gasteiger charge is -1.91. The van der Waals surface area contributed by atoms with Gasteiger partial charge in [-0.05, 0) is 18.2 Å². The molecule has 1 N–H and O–H groups in total. The van der Waals surface area contributed by atoms with E-state index in [1.807, 2.05) is 30.3 Å². The summed E-state index contributed by atoms with van der Waals surface area (Å²) in [5.74, 6) is 0.332. The van der Waals surface area contributed by atoms with Gasteiger partial charge in [0.15, 0.2) is 5.69 Å². The second kappa shape index (κ2) is 5.31. The third-order valence-electron chi connectivity index (χ3n) is 2.51. The molecule has 0 aliphatic heterocycles. The predicted molar refractivity (Wildman–Crippen MR) is 72.9 cm³/mol. The van der Waals surface area contributed by atoms with Crippen LogP contribution in [0.15, 0.2) is 58.2 Å². The summed E-state index contributed by atoms with van der Waals surface area (Å²) >= 11 is 0. The SMILES string of the molecule is Oc1oc(-c2ccccc2)nc1C=Nc1ncccn1. The number of hydrogen-bond donors (Lipinski definition) is 1. The van der Waals surface area contributed by atoms with E-state index in [9.17, 15) is 5.11 Å². The van der Waals surface area contributed by atoms with Gasteiger partial charge >= 0.3 is 5.95 Å². The Bertz CT molecular complexity index is 723. The molecule has 6 nitrogen and oxygen atoms in total. The smallest absolute Gasteiger partial charge is 0.312 e. The van der Waals surface area contributed by atoms with E-state index in [0.717, 1.165) is 5.56 Å². The van der Waals surface area contributed by atoms with E-state index < -0.39 is 0 Å². The zero-order chi connectivity index (χ0) is 13.8. The molecule has 0 saturated heterocycles. The van der Waals surface area contributed by atoms with Crippen molar-refractivity contribution in [3.63, 3.8) is 0 Å². The van der Waals surface area contributed by atoms with Crippen LogP contribution in [0.25, 0.3) is 11.5 Å². The van der Waals surface area contributed by atoms with Gasteiger partial charge in [0.2, 0.25) is 11.8 Å². The third kappa shape index (κ3) is 2.54. The number of oxazole rings is 1. The Morgan fingerprint density at radius 1 is 1.05 bits per heavy atom. The number of benzene rings is 1. The lowest BCUT2D eigenvalue weighted by Crippen LogP contribution is -1.84. The van der Waals surface area contributed by atoms with Crippen molar-refractivity contribution < 1.29 is 9.52 Å². The summed E-state index contributed by atoms with van der Waals surface area (Å²) in [6.07, 6.45) is 4.52. The molecule has 0 aliphatic carbocycles. The van der Waals surface area contributed by atoms with Crippen LogP contribution in [0.4, 0.5) is 5.95 Å². The summed E-state index contributed by atoms with van der Waals surface area (Å²) in [5, 5.41) is 9.71. The summed E-state index contributed by atoms with van der Waals surface area (Å²) in [5.41, 5.74) is 1.01. The molecule has 98 valence electrons. The first-order chi connectivity index (χ1) is 9.83. The van der Waals surface area contributed by atoms with Gasteiger partial charge in [-0.15, -0.1) is 0 Å². The van der Waals surface area contributed by atoms with Crippen LogP contribution in [0.1, 0.15) is 5.69 Å². The third-order valence-corrected chi connectivity index (χ3v) is 2.51. The second-order valence-corrected chi connectivity index (χ2v) is 3.88. The summed E-state index contributed by atoms with van der Waals surface area (Å²) in [4.78, 5) is 16.1. The summed E-state index contributed by atoms with van der Waals surface area (Å²) in [6.45, 7) is 0. The quantitative estimate of drug-likeness (QED) is 0.736. The van der Waals surface area contributed by atoms with Crippen molar-refractivity contribution in [1.29, 1.82) is 0 Å². The van der Waals surface area contributed by atoms with E-state index >= 15 is 0 Å². The highest BCUT2D eigenvalue weighted by Gasteiger charge is 2.11.